The number of carbonyl (C=O) groups excluding carboxylic acids is 2. The van der Waals surface area contributed by atoms with E-state index in [0.717, 1.165) is 12.8 Å². The Kier molecular flexibility index (Phi) is 4.01. The van der Waals surface area contributed by atoms with Crippen molar-refractivity contribution in [3.63, 3.8) is 0 Å². The molecule has 1 aliphatic carbocycles. The molecule has 0 radical (unpaired) electrons. The molecule has 1 aliphatic rings. The maximum atomic E-state index is 12.3. The third kappa shape index (κ3) is 3.69. The standard InChI is InChI=1S/C14H15N3O3S/c18-12(16-14-15-5-7-21-14)9-17(8-10-3-4-10)13(19)11-2-1-6-20-11/h1-2,5-7,10H,3-4,8-9H2,(H,15,16,18). The minimum Gasteiger partial charge on any atom is -0.459 e. The van der Waals surface area contributed by atoms with E-state index >= 15 is 0 Å². The van der Waals surface area contributed by atoms with Crippen LogP contribution < -0.4 is 5.32 Å². The van der Waals surface area contributed by atoms with Crippen LogP contribution in [0.3, 0.4) is 0 Å². The van der Waals surface area contributed by atoms with E-state index in [-0.39, 0.29) is 24.1 Å². The molecule has 0 atom stereocenters. The van der Waals surface area contributed by atoms with Crippen molar-refractivity contribution in [2.45, 2.75) is 12.8 Å². The van der Waals surface area contributed by atoms with Gasteiger partial charge in [-0.05, 0) is 30.9 Å². The summed E-state index contributed by atoms with van der Waals surface area (Å²) in [5, 5.41) is 5.01. The first kappa shape index (κ1) is 13.8. The molecular formula is C14H15N3O3S. The van der Waals surface area contributed by atoms with E-state index in [9.17, 15) is 9.59 Å². The molecule has 6 nitrogen and oxygen atoms in total. The summed E-state index contributed by atoms with van der Waals surface area (Å²) in [6.45, 7) is 0.598. The van der Waals surface area contributed by atoms with Gasteiger partial charge in [-0.25, -0.2) is 4.98 Å². The fourth-order valence-electron chi connectivity index (χ4n) is 2.00. The van der Waals surface area contributed by atoms with Gasteiger partial charge in [0.1, 0.15) is 6.54 Å². The number of amides is 2. The molecule has 2 amide bonds. The Labute approximate surface area is 125 Å². The van der Waals surface area contributed by atoms with Crippen LogP contribution in [0.5, 0.6) is 0 Å². The Morgan fingerprint density at radius 3 is 2.95 bits per heavy atom. The number of aromatic nitrogens is 1. The molecule has 110 valence electrons. The van der Waals surface area contributed by atoms with Crippen LogP contribution >= 0.6 is 11.3 Å². The molecule has 0 unspecified atom stereocenters. The van der Waals surface area contributed by atoms with E-state index < -0.39 is 0 Å². The van der Waals surface area contributed by atoms with E-state index in [1.54, 1.807) is 28.6 Å². The summed E-state index contributed by atoms with van der Waals surface area (Å²) < 4.78 is 5.13. The highest BCUT2D eigenvalue weighted by molar-refractivity contribution is 7.13. The van der Waals surface area contributed by atoms with Gasteiger partial charge in [0.25, 0.3) is 5.91 Å². The van der Waals surface area contributed by atoms with Gasteiger partial charge in [-0.1, -0.05) is 0 Å². The smallest absolute Gasteiger partial charge is 0.290 e. The fourth-order valence-corrected chi connectivity index (χ4v) is 2.55. The highest BCUT2D eigenvalue weighted by Gasteiger charge is 2.29. The van der Waals surface area contributed by atoms with Crippen molar-refractivity contribution in [1.82, 2.24) is 9.88 Å². The summed E-state index contributed by atoms with van der Waals surface area (Å²) in [6.07, 6.45) is 5.29. The zero-order chi connectivity index (χ0) is 14.7. The van der Waals surface area contributed by atoms with E-state index in [1.165, 1.54) is 17.6 Å². The number of rotatable bonds is 6. The van der Waals surface area contributed by atoms with Gasteiger partial charge in [-0.15, -0.1) is 11.3 Å². The lowest BCUT2D eigenvalue weighted by Crippen LogP contribution is -2.39. The van der Waals surface area contributed by atoms with Gasteiger partial charge in [-0.2, -0.15) is 0 Å². The van der Waals surface area contributed by atoms with Gasteiger partial charge in [0, 0.05) is 18.1 Å². The number of nitrogens with zero attached hydrogens (tertiary/aromatic N) is 2. The lowest BCUT2D eigenvalue weighted by atomic mass is 10.3. The highest BCUT2D eigenvalue weighted by Crippen LogP contribution is 2.30. The highest BCUT2D eigenvalue weighted by atomic mass is 32.1. The topological polar surface area (TPSA) is 75.4 Å². The molecule has 0 aliphatic heterocycles. The molecule has 0 saturated heterocycles. The maximum absolute atomic E-state index is 12.3. The molecule has 3 rings (SSSR count). The monoisotopic (exact) mass is 305 g/mol. The Morgan fingerprint density at radius 1 is 1.48 bits per heavy atom. The number of hydrogen-bond donors (Lipinski definition) is 1. The predicted octanol–water partition coefficient (Wildman–Crippen LogP) is 2.23. The molecule has 2 aromatic heterocycles. The molecule has 1 N–H and O–H groups in total. The molecule has 2 heterocycles. The van der Waals surface area contributed by atoms with Crippen LogP contribution in [-0.2, 0) is 4.79 Å². The molecule has 21 heavy (non-hydrogen) atoms. The van der Waals surface area contributed by atoms with Crippen molar-refractivity contribution in [3.8, 4) is 0 Å². The first-order valence-corrected chi connectivity index (χ1v) is 7.62. The maximum Gasteiger partial charge on any atom is 0.290 e. The van der Waals surface area contributed by atoms with E-state index in [1.807, 2.05) is 0 Å². The van der Waals surface area contributed by atoms with Crippen LogP contribution in [0.1, 0.15) is 23.4 Å². The predicted molar refractivity (Wildman–Crippen MR) is 78.1 cm³/mol. The summed E-state index contributed by atoms with van der Waals surface area (Å²) >= 11 is 1.35. The fraction of sp³-hybridized carbons (Fsp3) is 0.357. The normalized spacial score (nSPS) is 13.9. The second kappa shape index (κ2) is 6.09. The molecule has 0 spiro atoms. The Bertz CT molecular complexity index is 605. The van der Waals surface area contributed by atoms with Crippen LogP contribution in [0.2, 0.25) is 0 Å². The van der Waals surface area contributed by atoms with Crippen LogP contribution in [0.15, 0.2) is 34.4 Å². The van der Waals surface area contributed by atoms with Crippen LogP contribution in [0.4, 0.5) is 5.13 Å². The van der Waals surface area contributed by atoms with Gasteiger partial charge < -0.3 is 14.6 Å². The number of carbonyl (C=O) groups is 2. The zero-order valence-electron chi connectivity index (χ0n) is 11.3. The molecule has 1 saturated carbocycles. The van der Waals surface area contributed by atoms with Gasteiger partial charge >= 0.3 is 0 Å². The van der Waals surface area contributed by atoms with Gasteiger partial charge in [0.15, 0.2) is 10.9 Å². The van der Waals surface area contributed by atoms with Crippen LogP contribution in [0.25, 0.3) is 0 Å². The summed E-state index contributed by atoms with van der Waals surface area (Å²) in [5.74, 6) is 0.265. The van der Waals surface area contributed by atoms with Crippen molar-refractivity contribution >= 4 is 28.3 Å². The number of hydrogen-bond acceptors (Lipinski definition) is 5. The average molecular weight is 305 g/mol. The largest absolute Gasteiger partial charge is 0.459 e. The number of furan rings is 1. The molecule has 1 fully saturated rings. The van der Waals surface area contributed by atoms with E-state index in [4.69, 9.17) is 4.42 Å². The quantitative estimate of drug-likeness (QED) is 0.888. The second-order valence-electron chi connectivity index (χ2n) is 4.99. The third-order valence-corrected chi connectivity index (χ3v) is 3.90. The lowest BCUT2D eigenvalue weighted by molar-refractivity contribution is -0.116. The van der Waals surface area contributed by atoms with Crippen molar-refractivity contribution in [3.05, 3.63) is 35.7 Å². The Morgan fingerprint density at radius 2 is 2.33 bits per heavy atom. The summed E-state index contributed by atoms with van der Waals surface area (Å²) in [4.78, 5) is 29.9. The molecule has 0 aromatic carbocycles. The van der Waals surface area contributed by atoms with Crippen molar-refractivity contribution in [2.75, 3.05) is 18.4 Å². The van der Waals surface area contributed by atoms with Crippen LogP contribution in [-0.4, -0.2) is 34.8 Å². The average Bonchev–Trinajstić information content (AvgIpc) is 2.96. The molecule has 0 bridgehead atoms. The first-order chi connectivity index (χ1) is 10.2. The molecule has 2 aromatic rings. The Balaban J connectivity index is 1.64. The minimum absolute atomic E-state index is 0.00954. The van der Waals surface area contributed by atoms with E-state index in [2.05, 4.69) is 10.3 Å². The minimum atomic E-state index is -0.249. The van der Waals surface area contributed by atoms with Gasteiger partial charge in [0.05, 0.1) is 6.26 Å². The van der Waals surface area contributed by atoms with Crippen molar-refractivity contribution in [2.24, 2.45) is 5.92 Å². The number of anilines is 1. The summed E-state index contributed by atoms with van der Waals surface area (Å²) in [5.41, 5.74) is 0. The van der Waals surface area contributed by atoms with Gasteiger partial charge in [-0.3, -0.25) is 9.59 Å². The third-order valence-electron chi connectivity index (χ3n) is 3.21. The first-order valence-electron chi connectivity index (χ1n) is 6.74. The van der Waals surface area contributed by atoms with E-state index in [0.29, 0.717) is 17.6 Å². The SMILES string of the molecule is O=C(CN(CC1CC1)C(=O)c1ccco1)Nc1nccs1. The van der Waals surface area contributed by atoms with Crippen molar-refractivity contribution in [1.29, 1.82) is 0 Å². The van der Waals surface area contributed by atoms with Crippen molar-refractivity contribution < 1.29 is 14.0 Å². The second-order valence-corrected chi connectivity index (χ2v) is 5.89. The lowest BCUT2D eigenvalue weighted by Gasteiger charge is -2.20. The number of thiazole rings is 1. The van der Waals surface area contributed by atoms with Crippen LogP contribution in [0, 0.1) is 5.92 Å². The van der Waals surface area contributed by atoms with Gasteiger partial charge in [0.2, 0.25) is 5.91 Å². The zero-order valence-corrected chi connectivity index (χ0v) is 12.1. The Hall–Kier alpha value is -2.15. The number of nitrogens with one attached hydrogen (secondary N) is 1. The summed E-state index contributed by atoms with van der Waals surface area (Å²) in [7, 11) is 0. The molecular weight excluding hydrogens is 290 g/mol. The summed E-state index contributed by atoms with van der Waals surface area (Å²) in [6, 6.07) is 3.28. The molecule has 7 heteroatoms.